The van der Waals surface area contributed by atoms with E-state index in [-0.39, 0.29) is 25.7 Å². The van der Waals surface area contributed by atoms with Gasteiger partial charge in [-0.2, -0.15) is 0 Å². The van der Waals surface area contributed by atoms with E-state index in [0.29, 0.717) is 25.7 Å². The number of ether oxygens (including phenoxy) is 4. The number of hydrogen-bond donors (Lipinski definition) is 3. The van der Waals surface area contributed by atoms with Crippen molar-refractivity contribution in [1.82, 2.24) is 0 Å². The lowest BCUT2D eigenvalue weighted by Gasteiger charge is -2.21. The van der Waals surface area contributed by atoms with E-state index in [4.69, 9.17) is 37.0 Å². The van der Waals surface area contributed by atoms with Gasteiger partial charge in [-0.05, 0) is 31.6 Å². The van der Waals surface area contributed by atoms with Gasteiger partial charge in [0.15, 0.2) is 12.2 Å². The van der Waals surface area contributed by atoms with Gasteiger partial charge in [-0.3, -0.25) is 37.3 Å². The van der Waals surface area contributed by atoms with Gasteiger partial charge in [0.05, 0.1) is 26.4 Å². The molecule has 486 valence electrons. The average molecular weight is 1210 g/mol. The summed E-state index contributed by atoms with van der Waals surface area (Å²) >= 11 is 0. The van der Waals surface area contributed by atoms with E-state index in [2.05, 4.69) is 34.6 Å². The third-order valence-electron chi connectivity index (χ3n) is 14.5. The van der Waals surface area contributed by atoms with Crippen LogP contribution in [-0.2, 0) is 65.4 Å². The third-order valence-corrected chi connectivity index (χ3v) is 16.4. The fourth-order valence-electron chi connectivity index (χ4n) is 9.41. The highest BCUT2D eigenvalue weighted by molar-refractivity contribution is 7.47. The van der Waals surface area contributed by atoms with Crippen LogP contribution < -0.4 is 0 Å². The van der Waals surface area contributed by atoms with Crippen LogP contribution in [0.1, 0.15) is 317 Å². The van der Waals surface area contributed by atoms with Crippen LogP contribution in [0.4, 0.5) is 0 Å². The van der Waals surface area contributed by atoms with E-state index in [9.17, 15) is 43.2 Å². The molecule has 0 aromatic rings. The molecule has 19 heteroatoms. The molecule has 0 spiro atoms. The van der Waals surface area contributed by atoms with Crippen molar-refractivity contribution in [3.63, 3.8) is 0 Å². The van der Waals surface area contributed by atoms with Gasteiger partial charge in [-0.25, -0.2) is 9.13 Å². The van der Waals surface area contributed by atoms with Crippen LogP contribution in [0.15, 0.2) is 0 Å². The summed E-state index contributed by atoms with van der Waals surface area (Å²) < 4.78 is 67.7. The van der Waals surface area contributed by atoms with Gasteiger partial charge in [0.25, 0.3) is 0 Å². The topological polar surface area (TPSA) is 237 Å². The second kappa shape index (κ2) is 56.8. The first-order valence-corrected chi connectivity index (χ1v) is 36.1. The van der Waals surface area contributed by atoms with E-state index in [1.165, 1.54) is 135 Å². The van der Waals surface area contributed by atoms with E-state index < -0.39 is 97.5 Å². The zero-order valence-electron chi connectivity index (χ0n) is 52.6. The zero-order valence-corrected chi connectivity index (χ0v) is 54.4. The van der Waals surface area contributed by atoms with Gasteiger partial charge in [-0.1, -0.05) is 266 Å². The number of aliphatic hydroxyl groups is 1. The van der Waals surface area contributed by atoms with Crippen molar-refractivity contribution in [1.29, 1.82) is 0 Å². The van der Waals surface area contributed by atoms with E-state index in [0.717, 1.165) is 102 Å². The maximum atomic E-state index is 13.0. The molecule has 2 unspecified atom stereocenters. The molecule has 5 atom stereocenters. The first-order chi connectivity index (χ1) is 39.5. The Morgan fingerprint density at radius 3 is 0.829 bits per heavy atom. The molecular weight excluding hydrogens is 1090 g/mol. The number of aliphatic hydroxyl groups excluding tert-OH is 1. The quantitative estimate of drug-likeness (QED) is 0.0222. The molecule has 0 radical (unpaired) electrons. The highest BCUT2D eigenvalue weighted by Gasteiger charge is 2.30. The Kier molecular flexibility index (Phi) is 55.5. The standard InChI is InChI=1S/C63H122O17P2/c1-6-9-12-15-17-19-20-25-29-32-37-42-47-61(66)74-53-59(80-63(68)49-44-39-34-30-26-23-21-22-24-28-31-36-40-45-56(4)5)55-78-82(71,72)76-51-57(64)50-75-81(69,70)77-54-58(52-73-60(65)46-41-35-14-11-8-3)79-62(67)48-43-38-33-27-18-16-13-10-7-2/h56-59,64H,6-55H2,1-5H3,(H,69,70)(H,71,72)/t57-,58+,59+/m0/s1. The van der Waals surface area contributed by atoms with Crippen molar-refractivity contribution < 1.29 is 80.2 Å². The summed E-state index contributed by atoms with van der Waals surface area (Å²) in [6.07, 6.45) is 40.6. The smallest absolute Gasteiger partial charge is 0.462 e. The minimum Gasteiger partial charge on any atom is -0.462 e. The Morgan fingerprint density at radius 1 is 0.329 bits per heavy atom. The van der Waals surface area contributed by atoms with Gasteiger partial charge in [0, 0.05) is 25.7 Å². The molecule has 0 heterocycles. The predicted octanol–water partition coefficient (Wildman–Crippen LogP) is 17.4. The Hall–Kier alpha value is -1.94. The largest absolute Gasteiger partial charge is 0.472 e. The lowest BCUT2D eigenvalue weighted by atomic mass is 10.0. The maximum absolute atomic E-state index is 13.0. The lowest BCUT2D eigenvalue weighted by molar-refractivity contribution is -0.161. The summed E-state index contributed by atoms with van der Waals surface area (Å²) in [4.78, 5) is 71.9. The first kappa shape index (κ1) is 80.1. The molecule has 0 aliphatic carbocycles. The van der Waals surface area contributed by atoms with Crippen LogP contribution in [-0.4, -0.2) is 96.7 Å². The average Bonchev–Trinajstić information content (AvgIpc) is 3.45. The molecule has 0 fully saturated rings. The SMILES string of the molecule is CCCCCCCCCCCCCCC(=O)OC[C@H](COP(=O)(O)OC[C@@H](O)COP(=O)(O)OC[C@@H](COC(=O)CCCCCCC)OC(=O)CCCCCCCCCCC)OC(=O)CCCCCCCCCCCCCCCC(C)C. The Morgan fingerprint density at radius 2 is 0.561 bits per heavy atom. The number of esters is 4. The molecule has 17 nitrogen and oxygen atoms in total. The molecule has 82 heavy (non-hydrogen) atoms. The van der Waals surface area contributed by atoms with Crippen LogP contribution in [0.3, 0.4) is 0 Å². The minimum atomic E-state index is -4.94. The fraction of sp³-hybridized carbons (Fsp3) is 0.937. The Balaban J connectivity index is 5.16. The molecule has 0 aliphatic heterocycles. The monoisotopic (exact) mass is 1210 g/mol. The number of phosphoric ester groups is 2. The van der Waals surface area contributed by atoms with E-state index in [1.807, 2.05) is 0 Å². The normalized spacial score (nSPS) is 14.3. The molecule has 0 rings (SSSR count). The second-order valence-electron chi connectivity index (χ2n) is 23.3. The molecule has 3 N–H and O–H groups in total. The van der Waals surface area contributed by atoms with Crippen LogP contribution >= 0.6 is 15.6 Å². The molecule has 0 aromatic carbocycles. The zero-order chi connectivity index (χ0) is 60.6. The summed E-state index contributed by atoms with van der Waals surface area (Å²) in [6.45, 7) is 7.10. The number of rotatable bonds is 63. The van der Waals surface area contributed by atoms with Crippen LogP contribution in [0.5, 0.6) is 0 Å². The van der Waals surface area contributed by atoms with Crippen molar-refractivity contribution in [2.75, 3.05) is 39.6 Å². The van der Waals surface area contributed by atoms with Gasteiger partial charge in [0.2, 0.25) is 0 Å². The third kappa shape index (κ3) is 57.2. The number of carbonyl (C=O) groups is 4. The van der Waals surface area contributed by atoms with Gasteiger partial charge in [-0.15, -0.1) is 0 Å². The second-order valence-corrected chi connectivity index (χ2v) is 26.2. The van der Waals surface area contributed by atoms with Crippen LogP contribution in [0, 0.1) is 5.92 Å². The Bertz CT molecular complexity index is 1600. The number of hydrogen-bond acceptors (Lipinski definition) is 15. The minimum absolute atomic E-state index is 0.105. The number of phosphoric acid groups is 2. The Labute approximate surface area is 498 Å². The summed E-state index contributed by atoms with van der Waals surface area (Å²) in [5, 5.41) is 10.5. The molecule has 0 aromatic heterocycles. The van der Waals surface area contributed by atoms with Crippen molar-refractivity contribution >= 4 is 39.5 Å². The van der Waals surface area contributed by atoms with Crippen LogP contribution in [0.25, 0.3) is 0 Å². The van der Waals surface area contributed by atoms with Gasteiger partial charge in [0.1, 0.15) is 19.3 Å². The highest BCUT2D eigenvalue weighted by atomic mass is 31.2. The molecule has 0 saturated heterocycles. The van der Waals surface area contributed by atoms with Gasteiger partial charge < -0.3 is 33.8 Å². The maximum Gasteiger partial charge on any atom is 0.472 e. The summed E-state index contributed by atoms with van der Waals surface area (Å²) in [5.41, 5.74) is 0. The molecular formula is C63H122O17P2. The first-order valence-electron chi connectivity index (χ1n) is 33.1. The summed E-state index contributed by atoms with van der Waals surface area (Å²) in [5.74, 6) is -1.36. The highest BCUT2D eigenvalue weighted by Crippen LogP contribution is 2.45. The van der Waals surface area contributed by atoms with Gasteiger partial charge >= 0.3 is 39.5 Å². The molecule has 0 aliphatic rings. The summed E-state index contributed by atoms with van der Waals surface area (Å²) in [7, 11) is -9.87. The predicted molar refractivity (Wildman–Crippen MR) is 326 cm³/mol. The molecule has 0 bridgehead atoms. The lowest BCUT2D eigenvalue weighted by Crippen LogP contribution is -2.30. The van der Waals surface area contributed by atoms with Crippen LogP contribution in [0.2, 0.25) is 0 Å². The van der Waals surface area contributed by atoms with Crippen molar-refractivity contribution in [3.05, 3.63) is 0 Å². The number of unbranched alkanes of at least 4 members (excludes halogenated alkanes) is 35. The number of carbonyl (C=O) groups excluding carboxylic acids is 4. The molecule has 0 saturated carbocycles. The molecule has 0 amide bonds. The van der Waals surface area contributed by atoms with Crippen molar-refractivity contribution in [2.24, 2.45) is 5.92 Å². The fourth-order valence-corrected chi connectivity index (χ4v) is 11.0. The van der Waals surface area contributed by atoms with E-state index >= 15 is 0 Å². The van der Waals surface area contributed by atoms with E-state index in [1.54, 1.807) is 0 Å². The van der Waals surface area contributed by atoms with Crippen molar-refractivity contribution in [3.8, 4) is 0 Å². The van der Waals surface area contributed by atoms with Crippen molar-refractivity contribution in [2.45, 2.75) is 335 Å². The summed E-state index contributed by atoms with van der Waals surface area (Å²) in [6, 6.07) is 0.